The lowest BCUT2D eigenvalue weighted by atomic mass is 10.6. The summed E-state index contributed by atoms with van der Waals surface area (Å²) in [6.07, 6.45) is 0. The Kier molecular flexibility index (Phi) is 2.39. The highest BCUT2D eigenvalue weighted by atomic mass is 16.1. The van der Waals surface area contributed by atoms with Crippen molar-refractivity contribution >= 4 is 11.9 Å². The van der Waals surface area contributed by atoms with Crippen LogP contribution < -0.4 is 16.8 Å². The van der Waals surface area contributed by atoms with Crippen molar-refractivity contribution < 1.29 is 4.79 Å². The van der Waals surface area contributed by atoms with Crippen LogP contribution in [-0.2, 0) is 4.79 Å². The van der Waals surface area contributed by atoms with Crippen molar-refractivity contribution in [3.8, 4) is 0 Å². The van der Waals surface area contributed by atoms with Crippen molar-refractivity contribution in [1.82, 2.24) is 11.1 Å². The number of guanidine groups is 1. The van der Waals surface area contributed by atoms with Gasteiger partial charge in [0.25, 0.3) is 5.91 Å². The van der Waals surface area contributed by atoms with E-state index in [2.05, 4.69) is 5.32 Å². The van der Waals surface area contributed by atoms with Crippen LogP contribution in [0.3, 0.4) is 0 Å². The van der Waals surface area contributed by atoms with Gasteiger partial charge in [0.1, 0.15) is 0 Å². The molecule has 0 aliphatic carbocycles. The van der Waals surface area contributed by atoms with E-state index in [0.717, 1.165) is 0 Å². The van der Waals surface area contributed by atoms with Gasteiger partial charge >= 0.3 is 0 Å². The molecule has 0 aromatic heterocycles. The maximum Gasteiger partial charge on any atom is 0.257 e. The molecule has 1 radical (unpaired) electrons. The summed E-state index contributed by atoms with van der Waals surface area (Å²) in [5, 5.41) is 8.69. The van der Waals surface area contributed by atoms with Crippen molar-refractivity contribution in [3.63, 3.8) is 0 Å². The molecule has 0 saturated carbocycles. The summed E-state index contributed by atoms with van der Waals surface area (Å²) in [5.41, 5.74) is 11.1. The minimum Gasteiger partial charge on any atom is -0.370 e. The Morgan fingerprint density at radius 1 is 1.75 bits per heavy atom. The molecule has 0 heterocycles. The van der Waals surface area contributed by atoms with Crippen LogP contribution in [0.1, 0.15) is 0 Å². The zero-order valence-electron chi connectivity index (χ0n) is 4.19. The topological polar surface area (TPSA) is 103 Å². The number of hydrogen-bond donors (Lipinski definition) is 3. The van der Waals surface area contributed by atoms with Crippen LogP contribution in [0.25, 0.3) is 0 Å². The quantitative estimate of drug-likeness (QED) is 0.294. The van der Waals surface area contributed by atoms with Crippen LogP contribution in [0.15, 0.2) is 0 Å². The first kappa shape index (κ1) is 6.74. The van der Waals surface area contributed by atoms with Crippen molar-refractivity contribution in [2.75, 3.05) is 6.54 Å². The van der Waals surface area contributed by atoms with E-state index in [1.165, 1.54) is 0 Å². The number of amides is 1. The third-order valence-corrected chi connectivity index (χ3v) is 0.439. The molecule has 5 N–H and O–H groups in total. The molecule has 0 aromatic rings. The Balaban J connectivity index is 3.18. The fraction of sp³-hybridized carbons (Fsp3) is 0.333. The minimum atomic E-state index is -0.778. The average molecular weight is 115 g/mol. The van der Waals surface area contributed by atoms with Crippen LogP contribution >= 0.6 is 0 Å². The van der Waals surface area contributed by atoms with E-state index in [-0.39, 0.29) is 12.5 Å². The predicted octanol–water partition coefficient (Wildman–Crippen LogP) is -1.72. The fourth-order valence-corrected chi connectivity index (χ4v) is 0.176. The van der Waals surface area contributed by atoms with Crippen LogP contribution in [-0.4, -0.2) is 18.4 Å². The van der Waals surface area contributed by atoms with E-state index < -0.39 is 5.91 Å². The summed E-state index contributed by atoms with van der Waals surface area (Å²) in [6, 6.07) is 0. The second kappa shape index (κ2) is 2.84. The molecule has 8 heavy (non-hydrogen) atoms. The molecule has 0 aromatic carbocycles. The summed E-state index contributed by atoms with van der Waals surface area (Å²) in [6.45, 7) is -0.185. The fourth-order valence-electron chi connectivity index (χ4n) is 0.176. The number of hydrogen-bond acceptors (Lipinski definition) is 2. The molecule has 0 aliphatic rings. The summed E-state index contributed by atoms with van der Waals surface area (Å²) in [5.74, 6) is -1.06. The second-order valence-electron chi connectivity index (χ2n) is 1.19. The molecule has 45 valence electrons. The molecule has 1 amide bonds. The van der Waals surface area contributed by atoms with Gasteiger partial charge in [-0.2, -0.15) is 0 Å². The Bertz CT molecular complexity index is 95.9. The molecule has 0 aliphatic heterocycles. The largest absolute Gasteiger partial charge is 0.370 e. The molecule has 0 unspecified atom stereocenters. The zero-order valence-corrected chi connectivity index (χ0v) is 4.19. The van der Waals surface area contributed by atoms with Crippen molar-refractivity contribution in [1.29, 1.82) is 5.41 Å². The molecular weight excluding hydrogens is 108 g/mol. The van der Waals surface area contributed by atoms with E-state index in [0.29, 0.717) is 0 Å². The first-order valence-electron chi connectivity index (χ1n) is 1.95. The summed E-state index contributed by atoms with van der Waals surface area (Å²) in [7, 11) is 0. The monoisotopic (exact) mass is 115 g/mol. The summed E-state index contributed by atoms with van der Waals surface area (Å²) < 4.78 is 0. The average Bonchev–Trinajstić information content (AvgIpc) is 1.61. The molecular formula is C3H7N4O. The highest BCUT2D eigenvalue weighted by Crippen LogP contribution is 1.54. The first-order valence-corrected chi connectivity index (χ1v) is 1.95. The van der Waals surface area contributed by atoms with E-state index in [9.17, 15) is 4.79 Å². The second-order valence-corrected chi connectivity index (χ2v) is 1.19. The van der Waals surface area contributed by atoms with Crippen molar-refractivity contribution in [2.24, 2.45) is 5.73 Å². The Labute approximate surface area is 46.5 Å². The maximum absolute atomic E-state index is 9.80. The van der Waals surface area contributed by atoms with Crippen molar-refractivity contribution in [2.45, 2.75) is 0 Å². The van der Waals surface area contributed by atoms with Crippen molar-refractivity contribution in [3.05, 3.63) is 0 Å². The highest BCUT2D eigenvalue weighted by Gasteiger charge is 1.91. The Morgan fingerprint density at radius 2 is 2.25 bits per heavy atom. The van der Waals surface area contributed by atoms with Gasteiger partial charge in [-0.15, -0.1) is 0 Å². The SMILES string of the molecule is [NH]C(=O)CNC(=N)N. The highest BCUT2D eigenvalue weighted by molar-refractivity contribution is 5.82. The maximum atomic E-state index is 9.80. The predicted molar refractivity (Wildman–Crippen MR) is 28.0 cm³/mol. The summed E-state index contributed by atoms with van der Waals surface area (Å²) >= 11 is 0. The first-order chi connectivity index (χ1) is 3.63. The Hall–Kier alpha value is -1.26. The molecule has 0 rings (SSSR count). The van der Waals surface area contributed by atoms with Gasteiger partial charge in [-0.25, -0.2) is 0 Å². The summed E-state index contributed by atoms with van der Waals surface area (Å²) in [4.78, 5) is 9.80. The number of rotatable bonds is 2. The van der Waals surface area contributed by atoms with Crippen LogP contribution in [0.2, 0.25) is 0 Å². The molecule has 0 fully saturated rings. The molecule has 0 spiro atoms. The van der Waals surface area contributed by atoms with Gasteiger partial charge in [0, 0.05) is 0 Å². The van der Waals surface area contributed by atoms with Gasteiger partial charge in [0.2, 0.25) is 0 Å². The minimum absolute atomic E-state index is 0.185. The lowest BCUT2D eigenvalue weighted by Gasteiger charge is -1.95. The van der Waals surface area contributed by atoms with E-state index in [1.807, 2.05) is 0 Å². The number of carbonyl (C=O) groups is 1. The molecule has 0 bridgehead atoms. The third-order valence-electron chi connectivity index (χ3n) is 0.439. The number of nitrogens with one attached hydrogen (secondary N) is 3. The normalized spacial score (nSPS) is 8.00. The number of nitrogens with two attached hydrogens (primary N) is 1. The zero-order chi connectivity index (χ0) is 6.57. The third kappa shape index (κ3) is 4.74. The van der Waals surface area contributed by atoms with Gasteiger partial charge in [-0.3, -0.25) is 15.9 Å². The smallest absolute Gasteiger partial charge is 0.257 e. The number of carbonyl (C=O) groups excluding carboxylic acids is 1. The van der Waals surface area contributed by atoms with Gasteiger partial charge in [-0.1, -0.05) is 0 Å². The molecule has 0 atom stereocenters. The van der Waals surface area contributed by atoms with E-state index in [1.54, 1.807) is 0 Å². The standard InChI is InChI=1S/C3H7N4O/c4-2(8)1-7-3(5)6/h4H,1H2,(H4,5,6,7). The lowest BCUT2D eigenvalue weighted by molar-refractivity contribution is -0.117. The van der Waals surface area contributed by atoms with E-state index >= 15 is 0 Å². The van der Waals surface area contributed by atoms with Crippen LogP contribution in [0.5, 0.6) is 0 Å². The molecule has 5 heteroatoms. The van der Waals surface area contributed by atoms with Crippen LogP contribution in [0, 0.1) is 5.41 Å². The lowest BCUT2D eigenvalue weighted by Crippen LogP contribution is -2.34. The van der Waals surface area contributed by atoms with Crippen LogP contribution in [0.4, 0.5) is 0 Å². The van der Waals surface area contributed by atoms with Gasteiger partial charge in [0.05, 0.1) is 6.54 Å². The van der Waals surface area contributed by atoms with Gasteiger partial charge in [0.15, 0.2) is 5.96 Å². The van der Waals surface area contributed by atoms with E-state index in [4.69, 9.17) is 16.9 Å². The molecule has 5 nitrogen and oxygen atoms in total. The Morgan fingerprint density at radius 3 is 2.38 bits per heavy atom. The van der Waals surface area contributed by atoms with Gasteiger partial charge in [-0.05, 0) is 0 Å². The van der Waals surface area contributed by atoms with Gasteiger partial charge < -0.3 is 11.1 Å². The molecule has 0 saturated heterocycles.